The Morgan fingerprint density at radius 1 is 0.768 bits per heavy atom. The van der Waals surface area contributed by atoms with Crippen LogP contribution < -0.4 is 4.90 Å². The molecule has 1 unspecified atom stereocenters. The lowest BCUT2D eigenvalue weighted by Gasteiger charge is -2.27. The number of carboxylic acids is 1. The number of allylic oxidation sites excluding steroid dienone is 6. The minimum Gasteiger partial charge on any atom is -0.478 e. The zero-order chi connectivity index (χ0) is 42.4. The van der Waals surface area contributed by atoms with Crippen molar-refractivity contribution in [2.24, 2.45) is 0 Å². The second kappa shape index (κ2) is 15.5. The van der Waals surface area contributed by atoms with Gasteiger partial charge >= 0.3 is 5.97 Å². The summed E-state index contributed by atoms with van der Waals surface area (Å²) in [6.07, 6.45) is 6.65. The van der Waals surface area contributed by atoms with E-state index in [0.29, 0.717) is 6.07 Å². The van der Waals surface area contributed by atoms with Gasteiger partial charge in [-0.2, -0.15) is 46.7 Å². The highest BCUT2D eigenvalue weighted by molar-refractivity contribution is 7.87. The summed E-state index contributed by atoms with van der Waals surface area (Å²) in [7, 11) is -23.8. The van der Waals surface area contributed by atoms with Crippen LogP contribution in [0.15, 0.2) is 76.2 Å². The SMILES string of the molecule is CC1(CS(=O)(=O)O)C(/C=C/C=C/C=C2/N(CCCS(=O)(=O)O)c3cc(S(=O)(=O)O)cc(S(=O)(=O)O)c3C2(C)C)=[N+](CCCS(=O)(=O)O)c2cc(C(=O)O)ccc21. The van der Waals surface area contributed by atoms with Crippen LogP contribution in [-0.2, 0) is 61.4 Å². The quantitative estimate of drug-likeness (QED) is 0.0801. The van der Waals surface area contributed by atoms with Gasteiger partial charge in [-0.15, -0.1) is 0 Å². The Balaban J connectivity index is 1.88. The number of hydrogen-bond donors (Lipinski definition) is 6. The number of hydrogen-bond acceptors (Lipinski definition) is 12. The van der Waals surface area contributed by atoms with E-state index in [1.807, 2.05) is 0 Å². The number of carbonyl (C=O) groups is 1. The van der Waals surface area contributed by atoms with Gasteiger partial charge in [-0.25, -0.2) is 4.79 Å². The van der Waals surface area contributed by atoms with Crippen molar-refractivity contribution in [1.82, 2.24) is 0 Å². The third-order valence-electron chi connectivity index (χ3n) is 9.23. The molecule has 0 spiro atoms. The van der Waals surface area contributed by atoms with Crippen LogP contribution in [0, 0.1) is 0 Å². The molecule has 0 saturated carbocycles. The Morgan fingerprint density at radius 3 is 1.91 bits per heavy atom. The topological polar surface area (TPSA) is 315 Å². The van der Waals surface area contributed by atoms with E-state index < -0.39 is 94.4 Å². The predicted molar refractivity (Wildman–Crippen MR) is 202 cm³/mol. The Labute approximate surface area is 324 Å². The Hall–Kier alpha value is -3.85. The molecule has 0 bridgehead atoms. The summed E-state index contributed by atoms with van der Waals surface area (Å²) in [6.45, 7) is 4.11. The molecule has 2 aliphatic heterocycles. The van der Waals surface area contributed by atoms with Gasteiger partial charge in [0.1, 0.15) is 11.4 Å². The molecule has 24 heteroatoms. The predicted octanol–water partition coefficient (Wildman–Crippen LogP) is 2.47. The fraction of sp³-hybridized carbons (Fsp3) is 0.375. The average Bonchev–Trinajstić information content (AvgIpc) is 3.36. The van der Waals surface area contributed by atoms with E-state index in [1.54, 1.807) is 0 Å². The van der Waals surface area contributed by atoms with Crippen LogP contribution in [0.5, 0.6) is 0 Å². The first-order chi connectivity index (χ1) is 25.4. The standard InChI is InChI=1S/C32H38N2O17S5/c1-31(2)27(34(14-8-16-53(40,41)42)25-18-22(55(46,47)48)19-26(29(25)31)56(49,50)51)9-5-4-6-10-28-32(3,20-54(43,44)45)23-12-11-21(30(35)36)17-24(23)33(28)13-7-15-52(37,38)39/h4-6,9-12,17-19H,7-8,13-16,20H2,1-3H3,(H5-,35,36,37,38,39,40,41,42,43,44,45,46,47,48,49,50,51)/p+1. The molecule has 1 atom stereocenters. The second-order valence-electron chi connectivity index (χ2n) is 13.7. The van der Waals surface area contributed by atoms with E-state index in [4.69, 9.17) is 0 Å². The van der Waals surface area contributed by atoms with Crippen LogP contribution in [0.2, 0.25) is 0 Å². The van der Waals surface area contributed by atoms with Gasteiger partial charge in [0.05, 0.1) is 33.1 Å². The number of anilines is 1. The van der Waals surface area contributed by atoms with Crippen LogP contribution in [0.4, 0.5) is 11.4 Å². The third kappa shape index (κ3) is 10.2. The van der Waals surface area contributed by atoms with Crippen molar-refractivity contribution in [1.29, 1.82) is 0 Å². The number of carboxylic acid groups (broad SMARTS) is 1. The molecule has 19 nitrogen and oxygen atoms in total. The van der Waals surface area contributed by atoms with Crippen molar-refractivity contribution in [2.45, 2.75) is 54.2 Å². The lowest BCUT2D eigenvalue weighted by molar-refractivity contribution is -0.437. The zero-order valence-electron chi connectivity index (χ0n) is 29.8. The van der Waals surface area contributed by atoms with Crippen molar-refractivity contribution in [2.75, 3.05) is 35.2 Å². The van der Waals surface area contributed by atoms with Gasteiger partial charge in [0, 0.05) is 53.0 Å². The molecule has 0 fully saturated rings. The van der Waals surface area contributed by atoms with Gasteiger partial charge in [0.2, 0.25) is 5.69 Å². The molecule has 308 valence electrons. The molecular formula is C32H39N2O17S5+. The van der Waals surface area contributed by atoms with E-state index in [0.717, 1.165) is 6.07 Å². The van der Waals surface area contributed by atoms with Crippen molar-refractivity contribution < 1.29 is 79.3 Å². The summed E-state index contributed by atoms with van der Waals surface area (Å²) in [4.78, 5) is 11.4. The summed E-state index contributed by atoms with van der Waals surface area (Å²) >= 11 is 0. The third-order valence-corrected chi connectivity index (χ3v) is 13.5. The van der Waals surface area contributed by atoms with Crippen LogP contribution in [0.25, 0.3) is 0 Å². The van der Waals surface area contributed by atoms with E-state index in [1.165, 1.54) is 78.8 Å². The number of benzene rings is 2. The molecule has 6 N–H and O–H groups in total. The number of rotatable bonds is 16. The van der Waals surface area contributed by atoms with Crippen LogP contribution in [0.1, 0.15) is 55.1 Å². The lowest BCUT2D eigenvalue weighted by atomic mass is 9.81. The minimum absolute atomic E-state index is 0.101. The summed E-state index contributed by atoms with van der Waals surface area (Å²) in [5.41, 5.74) is -2.41. The van der Waals surface area contributed by atoms with Crippen molar-refractivity contribution in [3.63, 3.8) is 0 Å². The molecule has 0 saturated heterocycles. The van der Waals surface area contributed by atoms with E-state index in [9.17, 15) is 74.8 Å². The second-order valence-corrected chi connectivity index (χ2v) is 21.2. The Morgan fingerprint density at radius 2 is 1.38 bits per heavy atom. The van der Waals surface area contributed by atoms with Crippen LogP contribution in [0.3, 0.4) is 0 Å². The molecule has 2 aliphatic rings. The van der Waals surface area contributed by atoms with Gasteiger partial charge in [0.15, 0.2) is 5.71 Å². The first kappa shape index (κ1) is 44.9. The van der Waals surface area contributed by atoms with Gasteiger partial charge < -0.3 is 10.0 Å². The molecular weight excluding hydrogens is 845 g/mol. The average molecular weight is 884 g/mol. The Kier molecular flexibility index (Phi) is 12.4. The van der Waals surface area contributed by atoms with E-state index in [2.05, 4.69) is 0 Å². The first-order valence-electron chi connectivity index (χ1n) is 16.2. The van der Waals surface area contributed by atoms with Gasteiger partial charge in [-0.3, -0.25) is 22.8 Å². The molecule has 0 radical (unpaired) electrons. The largest absolute Gasteiger partial charge is 0.478 e. The number of fused-ring (bicyclic) bond motifs is 2. The van der Waals surface area contributed by atoms with E-state index in [-0.39, 0.29) is 65.4 Å². The maximum atomic E-state index is 12.5. The highest BCUT2D eigenvalue weighted by Gasteiger charge is 2.50. The highest BCUT2D eigenvalue weighted by atomic mass is 32.2. The minimum atomic E-state index is -5.13. The normalized spacial score (nSPS) is 19.7. The fourth-order valence-corrected chi connectivity index (χ4v) is 10.5. The zero-order valence-corrected chi connectivity index (χ0v) is 33.9. The monoisotopic (exact) mass is 883 g/mol. The van der Waals surface area contributed by atoms with Crippen molar-refractivity contribution >= 4 is 73.6 Å². The van der Waals surface area contributed by atoms with Gasteiger partial charge in [-0.1, -0.05) is 38.1 Å². The molecule has 2 aromatic carbocycles. The smallest absolute Gasteiger partial charge is 0.335 e. The first-order valence-corrected chi connectivity index (χ1v) is 23.9. The summed E-state index contributed by atoms with van der Waals surface area (Å²) in [6, 6.07) is 5.36. The molecule has 0 aromatic heterocycles. The lowest BCUT2D eigenvalue weighted by Crippen LogP contribution is -2.38. The summed E-state index contributed by atoms with van der Waals surface area (Å²) in [5.74, 6) is -3.63. The molecule has 0 amide bonds. The molecule has 56 heavy (non-hydrogen) atoms. The summed E-state index contributed by atoms with van der Waals surface area (Å²) < 4.78 is 170. The maximum absolute atomic E-state index is 12.5. The van der Waals surface area contributed by atoms with Crippen LogP contribution >= 0.6 is 0 Å². The fourth-order valence-electron chi connectivity index (χ4n) is 7.02. The number of nitrogens with zero attached hydrogens (tertiary/aromatic N) is 2. The van der Waals surface area contributed by atoms with Gasteiger partial charge in [-0.05, 0) is 37.6 Å². The van der Waals surface area contributed by atoms with Crippen molar-refractivity contribution in [3.8, 4) is 0 Å². The van der Waals surface area contributed by atoms with Crippen molar-refractivity contribution in [3.05, 3.63) is 83.1 Å². The maximum Gasteiger partial charge on any atom is 0.335 e. The molecule has 0 aliphatic carbocycles. The molecule has 4 rings (SSSR count). The van der Waals surface area contributed by atoms with Gasteiger partial charge in [0.25, 0.3) is 50.6 Å². The van der Waals surface area contributed by atoms with E-state index >= 15 is 0 Å². The Bertz CT molecular complexity index is 2660. The highest BCUT2D eigenvalue weighted by Crippen LogP contribution is 2.51. The van der Waals surface area contributed by atoms with Crippen LogP contribution in [-0.4, -0.2) is 117 Å². The number of aromatic carboxylic acids is 1. The summed E-state index contributed by atoms with van der Waals surface area (Å²) in [5, 5.41) is 9.63. The molecule has 2 aromatic rings. The molecule has 2 heterocycles.